The van der Waals surface area contributed by atoms with Crippen LogP contribution in [0.25, 0.3) is 0 Å². The minimum absolute atomic E-state index is 0. The molecule has 1 aliphatic heterocycles. The highest BCUT2D eigenvalue weighted by atomic mass is 35.5. The quantitative estimate of drug-likeness (QED) is 0.800. The topological polar surface area (TPSA) is 59.0 Å². The lowest BCUT2D eigenvalue weighted by molar-refractivity contribution is -0.126. The number of carbonyl (C=O) groups is 1. The van der Waals surface area contributed by atoms with Gasteiger partial charge < -0.3 is 10.6 Å². The summed E-state index contributed by atoms with van der Waals surface area (Å²) in [4.78, 5) is 13.2. The van der Waals surface area contributed by atoms with Crippen LogP contribution in [-0.4, -0.2) is 28.8 Å². The van der Waals surface area contributed by atoms with Crippen molar-refractivity contribution in [3.8, 4) is 0 Å². The minimum Gasteiger partial charge on any atom is -0.349 e. The van der Waals surface area contributed by atoms with E-state index in [1.807, 2.05) is 31.6 Å². The molecular formula is C21H28ClFN4O. The molecular weight excluding hydrogens is 379 g/mol. The van der Waals surface area contributed by atoms with Crippen molar-refractivity contribution in [2.45, 2.75) is 37.6 Å². The van der Waals surface area contributed by atoms with Gasteiger partial charge in [0.05, 0.1) is 18.2 Å². The minimum atomic E-state index is -0.253. The number of hydrogen-bond donors (Lipinski definition) is 2. The van der Waals surface area contributed by atoms with Gasteiger partial charge >= 0.3 is 0 Å². The number of amides is 1. The van der Waals surface area contributed by atoms with Gasteiger partial charge in [0, 0.05) is 37.8 Å². The highest BCUT2D eigenvalue weighted by Crippen LogP contribution is 2.37. The van der Waals surface area contributed by atoms with Gasteiger partial charge in [-0.15, -0.1) is 12.4 Å². The number of benzene rings is 1. The van der Waals surface area contributed by atoms with Gasteiger partial charge in [-0.25, -0.2) is 4.39 Å². The lowest BCUT2D eigenvalue weighted by atomic mass is 9.87. The predicted molar refractivity (Wildman–Crippen MR) is 109 cm³/mol. The van der Waals surface area contributed by atoms with Crippen molar-refractivity contribution >= 4 is 18.3 Å². The third-order valence-corrected chi connectivity index (χ3v) is 6.11. The van der Waals surface area contributed by atoms with E-state index < -0.39 is 0 Å². The van der Waals surface area contributed by atoms with Crippen molar-refractivity contribution in [1.82, 2.24) is 20.4 Å². The summed E-state index contributed by atoms with van der Waals surface area (Å²) in [6.07, 6.45) is 8.18. The molecule has 2 aromatic rings. The second-order valence-electron chi connectivity index (χ2n) is 7.87. The second kappa shape index (κ2) is 9.05. The largest absolute Gasteiger partial charge is 0.349 e. The first-order chi connectivity index (χ1) is 13.1. The van der Waals surface area contributed by atoms with Crippen molar-refractivity contribution in [2.75, 3.05) is 13.1 Å². The first-order valence-corrected chi connectivity index (χ1v) is 9.87. The monoisotopic (exact) mass is 406 g/mol. The van der Waals surface area contributed by atoms with E-state index in [4.69, 9.17) is 0 Å². The van der Waals surface area contributed by atoms with Crippen LogP contribution in [0.3, 0.4) is 0 Å². The van der Waals surface area contributed by atoms with Crippen LogP contribution in [-0.2, 0) is 11.8 Å². The maximum absolute atomic E-state index is 14.5. The molecule has 7 heteroatoms. The predicted octanol–water partition coefficient (Wildman–Crippen LogP) is 3.33. The number of aromatic nitrogens is 2. The molecule has 1 unspecified atom stereocenters. The van der Waals surface area contributed by atoms with E-state index in [1.165, 1.54) is 6.07 Å². The normalized spacial score (nSPS) is 23.4. The van der Waals surface area contributed by atoms with Gasteiger partial charge in [-0.3, -0.25) is 9.48 Å². The summed E-state index contributed by atoms with van der Waals surface area (Å²) in [6.45, 7) is 1.40. The molecule has 2 heterocycles. The fourth-order valence-corrected chi connectivity index (χ4v) is 4.66. The van der Waals surface area contributed by atoms with Crippen molar-refractivity contribution < 1.29 is 9.18 Å². The Balaban J connectivity index is 0.00000225. The Morgan fingerprint density at radius 1 is 1.29 bits per heavy atom. The van der Waals surface area contributed by atoms with Gasteiger partial charge in [0.2, 0.25) is 5.91 Å². The van der Waals surface area contributed by atoms with Gasteiger partial charge in [0.15, 0.2) is 0 Å². The lowest BCUT2D eigenvalue weighted by Crippen LogP contribution is -2.39. The highest BCUT2D eigenvalue weighted by molar-refractivity contribution is 5.85. The maximum Gasteiger partial charge on any atom is 0.225 e. The van der Waals surface area contributed by atoms with Crippen LogP contribution in [0.1, 0.15) is 48.8 Å². The van der Waals surface area contributed by atoms with E-state index in [9.17, 15) is 9.18 Å². The number of hydrogen-bond acceptors (Lipinski definition) is 3. The van der Waals surface area contributed by atoms with E-state index in [2.05, 4.69) is 15.7 Å². The van der Waals surface area contributed by atoms with Gasteiger partial charge in [0.1, 0.15) is 5.82 Å². The van der Waals surface area contributed by atoms with Gasteiger partial charge in [-0.05, 0) is 30.4 Å². The third-order valence-electron chi connectivity index (χ3n) is 6.11. The van der Waals surface area contributed by atoms with Gasteiger partial charge in [0.25, 0.3) is 0 Å². The van der Waals surface area contributed by atoms with Crippen LogP contribution in [0.4, 0.5) is 4.39 Å². The Morgan fingerprint density at radius 2 is 2.04 bits per heavy atom. The summed E-state index contributed by atoms with van der Waals surface area (Å²) < 4.78 is 16.3. The van der Waals surface area contributed by atoms with Gasteiger partial charge in [-0.2, -0.15) is 5.10 Å². The summed E-state index contributed by atoms with van der Waals surface area (Å²) in [5, 5.41) is 10.8. The van der Waals surface area contributed by atoms with Crippen LogP contribution in [0.2, 0.25) is 0 Å². The number of rotatable bonds is 5. The molecule has 2 aliphatic rings. The first-order valence-electron chi connectivity index (χ1n) is 9.87. The Kier molecular flexibility index (Phi) is 6.73. The first kappa shape index (κ1) is 20.8. The summed E-state index contributed by atoms with van der Waals surface area (Å²) in [5.74, 6) is 0.0162. The molecule has 152 valence electrons. The van der Waals surface area contributed by atoms with E-state index >= 15 is 0 Å². The van der Waals surface area contributed by atoms with Crippen LogP contribution in [0.5, 0.6) is 0 Å². The molecule has 28 heavy (non-hydrogen) atoms. The number of aryl methyl sites for hydroxylation is 1. The average molecular weight is 407 g/mol. The average Bonchev–Trinajstić information content (AvgIpc) is 3.41. The molecule has 4 rings (SSSR count). The third kappa shape index (κ3) is 4.23. The number of carbonyl (C=O) groups excluding carboxylic acids is 1. The number of nitrogens with zero attached hydrogens (tertiary/aromatic N) is 2. The maximum atomic E-state index is 14.5. The van der Waals surface area contributed by atoms with Crippen molar-refractivity contribution in [1.29, 1.82) is 0 Å². The molecule has 0 radical (unpaired) electrons. The molecule has 1 saturated heterocycles. The van der Waals surface area contributed by atoms with E-state index in [0.29, 0.717) is 18.0 Å². The lowest BCUT2D eigenvalue weighted by Gasteiger charge is -2.28. The van der Waals surface area contributed by atoms with E-state index in [0.717, 1.165) is 37.8 Å². The molecule has 2 N–H and O–H groups in total. The molecule has 1 aromatic heterocycles. The van der Waals surface area contributed by atoms with Crippen molar-refractivity contribution in [3.05, 3.63) is 53.6 Å². The Hall–Kier alpha value is -1.92. The SMILES string of the molecule is Cl.Cn1cc([C@H]2CNC[C@@H]2C(=O)NC(c2ccccc2F)C2CCCC2)cn1. The smallest absolute Gasteiger partial charge is 0.225 e. The zero-order valence-electron chi connectivity index (χ0n) is 16.1. The molecule has 1 amide bonds. The Labute approximate surface area is 171 Å². The summed E-state index contributed by atoms with van der Waals surface area (Å²) in [5.41, 5.74) is 1.69. The van der Waals surface area contributed by atoms with E-state index in [-0.39, 0.29) is 42.0 Å². The molecule has 0 spiro atoms. The van der Waals surface area contributed by atoms with Crippen LogP contribution in [0.15, 0.2) is 36.7 Å². The summed E-state index contributed by atoms with van der Waals surface area (Å²) in [7, 11) is 1.88. The van der Waals surface area contributed by atoms with Crippen LogP contribution in [0, 0.1) is 17.7 Å². The van der Waals surface area contributed by atoms with Crippen molar-refractivity contribution in [3.63, 3.8) is 0 Å². The Morgan fingerprint density at radius 3 is 2.71 bits per heavy atom. The van der Waals surface area contributed by atoms with E-state index in [1.54, 1.807) is 10.7 Å². The molecule has 0 bridgehead atoms. The molecule has 3 atom stereocenters. The zero-order chi connectivity index (χ0) is 18.8. The molecule has 1 aromatic carbocycles. The van der Waals surface area contributed by atoms with Crippen LogP contribution < -0.4 is 10.6 Å². The van der Waals surface area contributed by atoms with Crippen LogP contribution >= 0.6 is 12.4 Å². The van der Waals surface area contributed by atoms with Crippen molar-refractivity contribution in [2.24, 2.45) is 18.9 Å². The molecule has 2 fully saturated rings. The number of halogens is 2. The van der Waals surface area contributed by atoms with Gasteiger partial charge in [-0.1, -0.05) is 31.0 Å². The zero-order valence-corrected chi connectivity index (χ0v) is 16.9. The fraction of sp³-hybridized carbons (Fsp3) is 0.524. The summed E-state index contributed by atoms with van der Waals surface area (Å²) >= 11 is 0. The summed E-state index contributed by atoms with van der Waals surface area (Å²) in [6, 6.07) is 6.59. The Bertz CT molecular complexity index is 805. The standard InChI is InChI=1S/C21H27FN4O.ClH/c1-26-13-15(10-24-26)17-11-23-12-18(17)21(27)25-20(14-6-2-3-7-14)16-8-4-5-9-19(16)22;/h4-5,8-10,13-14,17-18,20,23H,2-3,6-7,11-12H2,1H3,(H,25,27);1H/t17-,18+,20?;/m1./s1. The fourth-order valence-electron chi connectivity index (χ4n) is 4.66. The molecule has 1 saturated carbocycles. The number of nitrogens with one attached hydrogen (secondary N) is 2. The molecule has 1 aliphatic carbocycles. The highest BCUT2D eigenvalue weighted by Gasteiger charge is 2.37. The molecule has 5 nitrogen and oxygen atoms in total. The second-order valence-corrected chi connectivity index (χ2v) is 7.87.